The highest BCUT2D eigenvalue weighted by atomic mass is 35.5. The average Bonchev–Trinajstić information content (AvgIpc) is 2.81. The third-order valence-corrected chi connectivity index (χ3v) is 3.53. The van der Waals surface area contributed by atoms with Crippen molar-refractivity contribution in [3.05, 3.63) is 35.0 Å². The van der Waals surface area contributed by atoms with Crippen molar-refractivity contribution in [2.24, 2.45) is 5.41 Å². The van der Waals surface area contributed by atoms with Crippen LogP contribution in [0.2, 0.25) is 5.02 Å². The van der Waals surface area contributed by atoms with Gasteiger partial charge in [0.1, 0.15) is 0 Å². The summed E-state index contributed by atoms with van der Waals surface area (Å²) < 4.78 is 5.49. The third-order valence-electron chi connectivity index (χ3n) is 3.24. The van der Waals surface area contributed by atoms with E-state index in [1.54, 1.807) is 12.1 Å². The van der Waals surface area contributed by atoms with E-state index in [0.29, 0.717) is 23.6 Å². The van der Waals surface area contributed by atoms with Crippen LogP contribution in [-0.4, -0.2) is 24.2 Å². The molecule has 0 unspecified atom stereocenters. The molecule has 0 aliphatic carbocycles. The van der Waals surface area contributed by atoms with Gasteiger partial charge in [-0.2, -0.15) is 0 Å². The molecule has 0 fully saturated rings. The SMILES string of the molecule is CC(C)(CCO)CNC(=O)c1cc2cccc(Cl)c2o1. The molecule has 1 aromatic carbocycles. The average molecular weight is 296 g/mol. The molecule has 108 valence electrons. The van der Waals surface area contributed by atoms with Gasteiger partial charge in [-0.15, -0.1) is 0 Å². The minimum Gasteiger partial charge on any atom is -0.449 e. The van der Waals surface area contributed by atoms with E-state index in [1.165, 1.54) is 0 Å². The van der Waals surface area contributed by atoms with E-state index >= 15 is 0 Å². The highest BCUT2D eigenvalue weighted by molar-refractivity contribution is 6.34. The van der Waals surface area contributed by atoms with E-state index in [9.17, 15) is 4.79 Å². The number of para-hydroxylation sites is 1. The van der Waals surface area contributed by atoms with Crippen LogP contribution in [0.25, 0.3) is 11.0 Å². The smallest absolute Gasteiger partial charge is 0.287 e. The van der Waals surface area contributed by atoms with Crippen molar-refractivity contribution in [3.8, 4) is 0 Å². The van der Waals surface area contributed by atoms with Crippen molar-refractivity contribution < 1.29 is 14.3 Å². The quantitative estimate of drug-likeness (QED) is 0.890. The fraction of sp³-hybridized carbons (Fsp3) is 0.400. The van der Waals surface area contributed by atoms with E-state index in [0.717, 1.165) is 5.39 Å². The molecule has 4 nitrogen and oxygen atoms in total. The lowest BCUT2D eigenvalue weighted by Gasteiger charge is -2.23. The van der Waals surface area contributed by atoms with E-state index in [2.05, 4.69) is 5.32 Å². The van der Waals surface area contributed by atoms with Crippen molar-refractivity contribution in [1.82, 2.24) is 5.32 Å². The lowest BCUT2D eigenvalue weighted by atomic mass is 9.90. The summed E-state index contributed by atoms with van der Waals surface area (Å²) in [4.78, 5) is 12.1. The molecular formula is C15H18ClNO3. The van der Waals surface area contributed by atoms with Crippen molar-refractivity contribution in [1.29, 1.82) is 0 Å². The predicted molar refractivity (Wildman–Crippen MR) is 79.0 cm³/mol. The van der Waals surface area contributed by atoms with Gasteiger partial charge in [0.05, 0.1) is 5.02 Å². The van der Waals surface area contributed by atoms with Crippen LogP contribution in [0.1, 0.15) is 30.8 Å². The first kappa shape index (κ1) is 14.9. The zero-order chi connectivity index (χ0) is 14.8. The van der Waals surface area contributed by atoms with Crippen LogP contribution in [-0.2, 0) is 0 Å². The second kappa shape index (κ2) is 5.85. The van der Waals surface area contributed by atoms with Gasteiger partial charge in [-0.25, -0.2) is 0 Å². The first-order valence-corrected chi connectivity index (χ1v) is 6.88. The van der Waals surface area contributed by atoms with E-state index in [4.69, 9.17) is 21.1 Å². The molecule has 1 aromatic heterocycles. The second-order valence-corrected chi connectivity index (χ2v) is 6.00. The molecule has 2 N–H and O–H groups in total. The predicted octanol–water partition coefficient (Wildman–Crippen LogP) is 3.22. The lowest BCUT2D eigenvalue weighted by Crippen LogP contribution is -2.34. The van der Waals surface area contributed by atoms with Gasteiger partial charge in [-0.05, 0) is 24.0 Å². The molecule has 20 heavy (non-hydrogen) atoms. The maximum absolute atomic E-state index is 12.1. The molecule has 1 heterocycles. The molecule has 0 saturated heterocycles. The number of halogens is 1. The Morgan fingerprint density at radius 2 is 2.20 bits per heavy atom. The number of hydrogen-bond acceptors (Lipinski definition) is 3. The van der Waals surface area contributed by atoms with Gasteiger partial charge in [-0.3, -0.25) is 4.79 Å². The van der Waals surface area contributed by atoms with Crippen molar-refractivity contribution in [3.63, 3.8) is 0 Å². The minimum atomic E-state index is -0.275. The first-order valence-electron chi connectivity index (χ1n) is 6.50. The minimum absolute atomic E-state index is 0.100. The monoisotopic (exact) mass is 295 g/mol. The number of rotatable bonds is 5. The number of hydrogen-bond donors (Lipinski definition) is 2. The molecule has 2 aromatic rings. The van der Waals surface area contributed by atoms with Crippen LogP contribution in [0.15, 0.2) is 28.7 Å². The van der Waals surface area contributed by atoms with Crippen molar-refractivity contribution >= 4 is 28.5 Å². The van der Waals surface area contributed by atoms with Crippen molar-refractivity contribution in [2.75, 3.05) is 13.2 Å². The van der Waals surface area contributed by atoms with Gasteiger partial charge in [0.2, 0.25) is 0 Å². The molecule has 0 bridgehead atoms. The van der Waals surface area contributed by atoms with Crippen LogP contribution in [0.5, 0.6) is 0 Å². The molecule has 0 spiro atoms. The Bertz CT molecular complexity index is 619. The number of carbonyl (C=O) groups is 1. The molecule has 0 aliphatic heterocycles. The Hall–Kier alpha value is -1.52. The number of nitrogens with one attached hydrogen (secondary N) is 1. The van der Waals surface area contributed by atoms with Gasteiger partial charge in [0.15, 0.2) is 11.3 Å². The normalized spacial score (nSPS) is 11.8. The van der Waals surface area contributed by atoms with Crippen LogP contribution >= 0.6 is 11.6 Å². The third kappa shape index (κ3) is 3.32. The zero-order valence-corrected chi connectivity index (χ0v) is 12.3. The van der Waals surface area contributed by atoms with Crippen molar-refractivity contribution in [2.45, 2.75) is 20.3 Å². The Labute approximate surface area is 122 Å². The zero-order valence-electron chi connectivity index (χ0n) is 11.6. The largest absolute Gasteiger partial charge is 0.449 e. The number of carbonyl (C=O) groups excluding carboxylic acids is 1. The number of furan rings is 1. The van der Waals surface area contributed by atoms with Crippen LogP contribution < -0.4 is 5.32 Å². The fourth-order valence-electron chi connectivity index (χ4n) is 1.94. The summed E-state index contributed by atoms with van der Waals surface area (Å²) in [6, 6.07) is 7.05. The standard InChI is InChI=1S/C15H18ClNO3/c1-15(2,6-7-18)9-17-14(19)12-8-10-4-3-5-11(16)13(10)20-12/h3-5,8,18H,6-7,9H2,1-2H3,(H,17,19). The summed E-state index contributed by atoms with van der Waals surface area (Å²) >= 11 is 6.01. The van der Waals surface area contributed by atoms with Gasteiger partial charge in [-0.1, -0.05) is 37.6 Å². The number of amides is 1. The maximum atomic E-state index is 12.1. The van der Waals surface area contributed by atoms with Crippen LogP contribution in [0, 0.1) is 5.41 Å². The summed E-state index contributed by atoms with van der Waals surface area (Å²) in [5.41, 5.74) is 0.364. The lowest BCUT2D eigenvalue weighted by molar-refractivity contribution is 0.0902. The number of aliphatic hydroxyl groups excluding tert-OH is 1. The van der Waals surface area contributed by atoms with Gasteiger partial charge in [0, 0.05) is 18.5 Å². The molecule has 5 heteroatoms. The Kier molecular flexibility index (Phi) is 4.35. The number of aliphatic hydroxyl groups is 1. The Balaban J connectivity index is 2.10. The molecule has 0 atom stereocenters. The summed E-state index contributed by atoms with van der Waals surface area (Å²) in [6.07, 6.45) is 0.624. The van der Waals surface area contributed by atoms with E-state index in [-0.39, 0.29) is 23.7 Å². The second-order valence-electron chi connectivity index (χ2n) is 5.59. The number of benzene rings is 1. The number of fused-ring (bicyclic) bond motifs is 1. The summed E-state index contributed by atoms with van der Waals surface area (Å²) in [6.45, 7) is 4.54. The first-order chi connectivity index (χ1) is 9.43. The van der Waals surface area contributed by atoms with Crippen LogP contribution in [0.3, 0.4) is 0 Å². The highest BCUT2D eigenvalue weighted by Crippen LogP contribution is 2.26. The molecule has 1 amide bonds. The Morgan fingerprint density at radius 1 is 1.45 bits per heavy atom. The summed E-state index contributed by atoms with van der Waals surface area (Å²) in [7, 11) is 0. The van der Waals surface area contributed by atoms with Crippen LogP contribution in [0.4, 0.5) is 0 Å². The Morgan fingerprint density at radius 3 is 2.85 bits per heavy atom. The molecule has 0 radical (unpaired) electrons. The summed E-state index contributed by atoms with van der Waals surface area (Å²) in [5.74, 6) is -0.0313. The maximum Gasteiger partial charge on any atom is 0.287 e. The molecule has 0 saturated carbocycles. The van der Waals surface area contributed by atoms with E-state index < -0.39 is 0 Å². The fourth-order valence-corrected chi connectivity index (χ4v) is 2.16. The molecule has 2 rings (SSSR count). The summed E-state index contributed by atoms with van der Waals surface area (Å²) in [5, 5.41) is 13.1. The van der Waals surface area contributed by atoms with Gasteiger partial charge in [0.25, 0.3) is 5.91 Å². The van der Waals surface area contributed by atoms with Gasteiger partial charge < -0.3 is 14.8 Å². The topological polar surface area (TPSA) is 62.5 Å². The molecular weight excluding hydrogens is 278 g/mol. The molecule has 0 aliphatic rings. The highest BCUT2D eigenvalue weighted by Gasteiger charge is 2.20. The van der Waals surface area contributed by atoms with E-state index in [1.807, 2.05) is 26.0 Å². The van der Waals surface area contributed by atoms with Gasteiger partial charge >= 0.3 is 0 Å².